The number of hydrogen-bond donors (Lipinski definition) is 0. The number of likely N-dealkylation sites (tertiary alicyclic amines) is 1. The van der Waals surface area contributed by atoms with Crippen LogP contribution < -0.4 is 0 Å². The molecule has 3 saturated carbocycles. The summed E-state index contributed by atoms with van der Waals surface area (Å²) in [7, 11) is -0.293. The zero-order valence-corrected chi connectivity index (χ0v) is 18.1. The van der Waals surface area contributed by atoms with Gasteiger partial charge in [0.2, 0.25) is 0 Å². The van der Waals surface area contributed by atoms with Crippen LogP contribution in [0.25, 0.3) is 0 Å². The Balaban J connectivity index is 1.38. The van der Waals surface area contributed by atoms with Crippen molar-refractivity contribution in [3.05, 3.63) is 29.8 Å². The molecule has 5 aliphatic rings. The number of hydrogen-bond acceptors (Lipinski definition) is 4. The lowest BCUT2D eigenvalue weighted by molar-refractivity contribution is -0.199. The molecular formula is C22H30BNO3S. The molecule has 2 heterocycles. The fourth-order valence-electron chi connectivity index (χ4n) is 6.37. The van der Waals surface area contributed by atoms with E-state index in [1.165, 1.54) is 6.42 Å². The molecule has 28 heavy (non-hydrogen) atoms. The van der Waals surface area contributed by atoms with E-state index in [1.807, 2.05) is 35.4 Å². The molecule has 6 rings (SSSR count). The maximum absolute atomic E-state index is 13.4. The second-order valence-electron chi connectivity index (χ2n) is 9.75. The molecule has 3 aliphatic carbocycles. The SMILES string of the molecule is CSc1ccccc1C(=O)N1CCCC1B1O[C@@H]2C[C@@H]3C[C@@H](C3(C)C)[C@]2(C)O1. The molecule has 1 aromatic carbocycles. The van der Waals surface area contributed by atoms with Gasteiger partial charge in [-0.2, -0.15) is 0 Å². The van der Waals surface area contributed by atoms with E-state index in [-0.39, 0.29) is 30.7 Å². The van der Waals surface area contributed by atoms with Crippen LogP contribution in [-0.4, -0.2) is 48.4 Å². The average molecular weight is 399 g/mol. The molecule has 2 bridgehead atoms. The normalized spacial score (nSPS) is 38.3. The fourth-order valence-corrected chi connectivity index (χ4v) is 6.96. The average Bonchev–Trinajstić information content (AvgIpc) is 3.30. The summed E-state index contributed by atoms with van der Waals surface area (Å²) < 4.78 is 13.2. The summed E-state index contributed by atoms with van der Waals surface area (Å²) in [5.41, 5.74) is 0.926. The van der Waals surface area contributed by atoms with Crippen LogP contribution in [0.3, 0.4) is 0 Å². The maximum Gasteiger partial charge on any atom is 0.481 e. The van der Waals surface area contributed by atoms with Gasteiger partial charge in [-0.15, -0.1) is 11.8 Å². The number of carbonyl (C=O) groups excluding carboxylic acids is 1. The summed E-state index contributed by atoms with van der Waals surface area (Å²) in [6.45, 7) is 7.81. The fraction of sp³-hybridized carbons (Fsp3) is 0.682. The summed E-state index contributed by atoms with van der Waals surface area (Å²) in [6, 6.07) is 7.91. The Labute approximate surface area is 172 Å². The molecule has 0 N–H and O–H groups in total. The highest BCUT2D eigenvalue weighted by Crippen LogP contribution is 2.65. The van der Waals surface area contributed by atoms with Crippen LogP contribution >= 0.6 is 11.8 Å². The van der Waals surface area contributed by atoms with Gasteiger partial charge in [0.05, 0.1) is 23.2 Å². The van der Waals surface area contributed by atoms with Crippen LogP contribution in [-0.2, 0) is 9.31 Å². The van der Waals surface area contributed by atoms with Crippen molar-refractivity contribution in [3.8, 4) is 0 Å². The summed E-state index contributed by atoms with van der Waals surface area (Å²) in [6.07, 6.45) is 6.51. The van der Waals surface area contributed by atoms with Gasteiger partial charge in [-0.05, 0) is 68.2 Å². The molecule has 0 aromatic heterocycles. The van der Waals surface area contributed by atoms with Crippen molar-refractivity contribution >= 4 is 24.8 Å². The first kappa shape index (κ1) is 19.0. The minimum absolute atomic E-state index is 0.0187. The van der Waals surface area contributed by atoms with Gasteiger partial charge in [0.1, 0.15) is 0 Å². The molecular weight excluding hydrogens is 369 g/mol. The predicted molar refractivity (Wildman–Crippen MR) is 112 cm³/mol. The number of amides is 1. The first-order valence-corrected chi connectivity index (χ1v) is 11.9. The monoisotopic (exact) mass is 399 g/mol. The van der Waals surface area contributed by atoms with E-state index in [0.717, 1.165) is 42.2 Å². The third kappa shape index (κ3) is 2.57. The van der Waals surface area contributed by atoms with Gasteiger partial charge in [-0.3, -0.25) is 4.79 Å². The topological polar surface area (TPSA) is 38.8 Å². The summed E-state index contributed by atoms with van der Waals surface area (Å²) in [4.78, 5) is 16.4. The van der Waals surface area contributed by atoms with Crippen molar-refractivity contribution in [2.45, 2.75) is 69.0 Å². The summed E-state index contributed by atoms with van der Waals surface area (Å²) in [5.74, 6) is 1.43. The van der Waals surface area contributed by atoms with E-state index < -0.39 is 0 Å². The molecule has 5 fully saturated rings. The maximum atomic E-state index is 13.4. The standard InChI is InChI=1S/C22H30BNO3S/c1-21(2)14-12-17(21)22(3)18(13-14)26-23(27-22)19-10-7-11-24(19)20(25)15-8-5-6-9-16(15)28-4/h5-6,8-9,14,17-19H,7,10-13H2,1-4H3/t14-,17-,18+,19?,22-/m0/s1. The molecule has 0 radical (unpaired) electrons. The number of carbonyl (C=O) groups is 1. The van der Waals surface area contributed by atoms with Gasteiger partial charge in [-0.1, -0.05) is 26.0 Å². The Morgan fingerprint density at radius 3 is 2.79 bits per heavy atom. The Bertz CT molecular complexity index is 802. The lowest BCUT2D eigenvalue weighted by Crippen LogP contribution is -2.65. The van der Waals surface area contributed by atoms with Crippen molar-refractivity contribution in [2.75, 3.05) is 12.8 Å². The Morgan fingerprint density at radius 1 is 1.25 bits per heavy atom. The number of benzene rings is 1. The van der Waals surface area contributed by atoms with Crippen molar-refractivity contribution in [2.24, 2.45) is 17.3 Å². The molecule has 2 aliphatic heterocycles. The van der Waals surface area contributed by atoms with Gasteiger partial charge in [0, 0.05) is 11.4 Å². The van der Waals surface area contributed by atoms with E-state index in [4.69, 9.17) is 9.31 Å². The first-order valence-electron chi connectivity index (χ1n) is 10.6. The highest BCUT2D eigenvalue weighted by molar-refractivity contribution is 7.98. The third-order valence-electron chi connectivity index (χ3n) is 8.18. The minimum atomic E-state index is -0.293. The molecule has 1 amide bonds. The lowest BCUT2D eigenvalue weighted by Gasteiger charge is -2.64. The molecule has 2 saturated heterocycles. The summed E-state index contributed by atoms with van der Waals surface area (Å²) in [5, 5.41) is 0. The van der Waals surface area contributed by atoms with Crippen LogP contribution in [0.15, 0.2) is 29.2 Å². The van der Waals surface area contributed by atoms with Crippen molar-refractivity contribution < 1.29 is 14.1 Å². The van der Waals surface area contributed by atoms with E-state index >= 15 is 0 Å². The quantitative estimate of drug-likeness (QED) is 0.562. The molecule has 150 valence electrons. The van der Waals surface area contributed by atoms with Gasteiger partial charge in [-0.25, -0.2) is 0 Å². The van der Waals surface area contributed by atoms with Gasteiger partial charge >= 0.3 is 7.12 Å². The van der Waals surface area contributed by atoms with Crippen molar-refractivity contribution in [1.82, 2.24) is 4.90 Å². The van der Waals surface area contributed by atoms with E-state index in [1.54, 1.807) is 11.8 Å². The largest absolute Gasteiger partial charge is 0.481 e. The molecule has 4 nitrogen and oxygen atoms in total. The Kier molecular flexibility index (Phi) is 4.42. The number of thioether (sulfide) groups is 1. The minimum Gasteiger partial charge on any atom is -0.404 e. The highest BCUT2D eigenvalue weighted by Gasteiger charge is 2.69. The van der Waals surface area contributed by atoms with Gasteiger partial charge < -0.3 is 14.2 Å². The van der Waals surface area contributed by atoms with Crippen molar-refractivity contribution in [1.29, 1.82) is 0 Å². The second kappa shape index (κ2) is 6.51. The molecule has 0 spiro atoms. The van der Waals surface area contributed by atoms with Crippen LogP contribution in [0, 0.1) is 17.3 Å². The van der Waals surface area contributed by atoms with Gasteiger partial charge in [0.25, 0.3) is 5.91 Å². The summed E-state index contributed by atoms with van der Waals surface area (Å²) >= 11 is 1.63. The number of rotatable bonds is 3. The second-order valence-corrected chi connectivity index (χ2v) is 10.6. The van der Waals surface area contributed by atoms with Crippen LogP contribution in [0.4, 0.5) is 0 Å². The van der Waals surface area contributed by atoms with E-state index in [2.05, 4.69) is 20.8 Å². The molecule has 6 heteroatoms. The zero-order chi connectivity index (χ0) is 19.7. The van der Waals surface area contributed by atoms with E-state index in [9.17, 15) is 4.79 Å². The lowest BCUT2D eigenvalue weighted by atomic mass is 9.43. The number of nitrogens with zero attached hydrogens (tertiary/aromatic N) is 1. The zero-order valence-electron chi connectivity index (χ0n) is 17.3. The molecule has 1 aromatic rings. The predicted octanol–water partition coefficient (Wildman–Crippen LogP) is 4.28. The molecule has 5 atom stereocenters. The highest BCUT2D eigenvalue weighted by atomic mass is 32.2. The van der Waals surface area contributed by atoms with Crippen LogP contribution in [0.1, 0.15) is 56.8 Å². The Morgan fingerprint density at radius 2 is 2.04 bits per heavy atom. The Hall–Kier alpha value is -0.975. The molecule has 1 unspecified atom stereocenters. The smallest absolute Gasteiger partial charge is 0.404 e. The van der Waals surface area contributed by atoms with Crippen molar-refractivity contribution in [3.63, 3.8) is 0 Å². The van der Waals surface area contributed by atoms with Crippen LogP contribution in [0.5, 0.6) is 0 Å². The first-order chi connectivity index (χ1) is 13.4. The third-order valence-corrected chi connectivity index (χ3v) is 8.98. The van der Waals surface area contributed by atoms with E-state index in [0.29, 0.717) is 11.3 Å². The van der Waals surface area contributed by atoms with Crippen LogP contribution in [0.2, 0.25) is 0 Å². The van der Waals surface area contributed by atoms with Gasteiger partial charge in [0.15, 0.2) is 0 Å².